The monoisotopic (exact) mass is 385 g/mol. The van der Waals surface area contributed by atoms with Gasteiger partial charge in [0.15, 0.2) is 15.8 Å². The van der Waals surface area contributed by atoms with Crippen LogP contribution >= 0.6 is 0 Å². The number of sulfone groups is 1. The van der Waals surface area contributed by atoms with Crippen LogP contribution in [0.4, 0.5) is 0 Å². The van der Waals surface area contributed by atoms with Crippen molar-refractivity contribution >= 4 is 21.8 Å². The van der Waals surface area contributed by atoms with E-state index in [4.69, 9.17) is 9.15 Å². The van der Waals surface area contributed by atoms with Crippen molar-refractivity contribution in [3.05, 3.63) is 23.2 Å². The third-order valence-corrected chi connectivity index (χ3v) is 6.97. The van der Waals surface area contributed by atoms with Gasteiger partial charge in [0.05, 0.1) is 17.6 Å². The van der Waals surface area contributed by atoms with Crippen molar-refractivity contribution in [2.24, 2.45) is 4.99 Å². The quantitative estimate of drug-likeness (QED) is 0.474. The number of esters is 1. The molecule has 0 spiro atoms. The summed E-state index contributed by atoms with van der Waals surface area (Å²) < 4.78 is 33.9. The Kier molecular flexibility index (Phi) is 6.00. The normalized spacial score (nSPS) is 19.3. The third-order valence-electron chi connectivity index (χ3n) is 4.44. The number of ether oxygens (including phenoxy) is 1. The van der Waals surface area contributed by atoms with Crippen molar-refractivity contribution < 1.29 is 22.4 Å². The Hall–Kier alpha value is -2.03. The summed E-state index contributed by atoms with van der Waals surface area (Å²) in [5, 5.41) is 3.19. The molecule has 0 amide bonds. The number of aryl methyl sites for hydroxylation is 1. The third kappa shape index (κ3) is 4.20. The lowest BCUT2D eigenvalue weighted by atomic mass is 10.2. The second-order valence-electron chi connectivity index (χ2n) is 6.84. The molecule has 0 radical (unpaired) electrons. The van der Waals surface area contributed by atoms with Gasteiger partial charge in [-0.05, 0) is 33.8 Å². The molecule has 0 bridgehead atoms. The van der Waals surface area contributed by atoms with Crippen LogP contribution in [0.1, 0.15) is 42.6 Å². The fourth-order valence-electron chi connectivity index (χ4n) is 2.84. The molecule has 1 aliphatic rings. The van der Waals surface area contributed by atoms with Gasteiger partial charge in [-0.1, -0.05) is 0 Å². The van der Waals surface area contributed by atoms with Crippen molar-refractivity contribution in [2.75, 3.05) is 32.5 Å². The molecule has 1 N–H and O–H groups in total. The van der Waals surface area contributed by atoms with E-state index in [0.717, 1.165) is 0 Å². The highest BCUT2D eigenvalue weighted by Crippen LogP contribution is 2.24. The van der Waals surface area contributed by atoms with E-state index >= 15 is 0 Å². The van der Waals surface area contributed by atoms with Crippen LogP contribution in [-0.2, 0) is 21.1 Å². The second kappa shape index (κ2) is 7.69. The predicted octanol–water partition coefficient (Wildman–Crippen LogP) is 1.35. The van der Waals surface area contributed by atoms with Crippen molar-refractivity contribution in [1.82, 2.24) is 10.2 Å². The molecule has 8 nitrogen and oxygen atoms in total. The molecule has 1 fully saturated rings. The number of carbonyl (C=O) groups excluding carboxylic acids is 1. The number of hydrogen-bond acceptors (Lipinski definition) is 6. The molecule has 0 unspecified atom stereocenters. The highest BCUT2D eigenvalue weighted by atomic mass is 32.2. The molecule has 0 aromatic carbocycles. The van der Waals surface area contributed by atoms with Gasteiger partial charge in [0.2, 0.25) is 0 Å². The van der Waals surface area contributed by atoms with Crippen LogP contribution in [0.2, 0.25) is 0 Å². The van der Waals surface area contributed by atoms with Crippen molar-refractivity contribution in [2.45, 2.75) is 39.0 Å². The smallest absolute Gasteiger partial charge is 0.341 e. The molecule has 2 rings (SSSR count). The number of furan rings is 1. The van der Waals surface area contributed by atoms with Crippen LogP contribution in [-0.4, -0.2) is 62.5 Å². The molecular formula is C17H27N3O5S. The minimum Gasteiger partial charge on any atom is -0.465 e. The minimum atomic E-state index is -3.12. The molecule has 9 heteroatoms. The Bertz CT molecular complexity index is 795. The number of nitrogens with one attached hydrogen (secondary N) is 1. The summed E-state index contributed by atoms with van der Waals surface area (Å²) in [6.07, 6.45) is 0. The van der Waals surface area contributed by atoms with E-state index in [9.17, 15) is 13.2 Å². The molecule has 146 valence electrons. The molecule has 0 aliphatic carbocycles. The van der Waals surface area contributed by atoms with E-state index in [2.05, 4.69) is 10.3 Å². The van der Waals surface area contributed by atoms with Crippen LogP contribution in [0.25, 0.3) is 0 Å². The number of hydrogen-bond donors (Lipinski definition) is 1. The van der Waals surface area contributed by atoms with E-state index in [1.54, 1.807) is 26.8 Å². The second-order valence-corrected chi connectivity index (χ2v) is 9.59. The molecule has 1 aromatic heterocycles. The zero-order valence-corrected chi connectivity index (χ0v) is 16.8. The van der Waals surface area contributed by atoms with Crippen LogP contribution in [0.15, 0.2) is 15.5 Å². The summed E-state index contributed by atoms with van der Waals surface area (Å²) in [5.74, 6) is 1.30. The molecule has 1 saturated heterocycles. The van der Waals surface area contributed by atoms with Crippen LogP contribution in [0.3, 0.4) is 0 Å². The highest BCUT2D eigenvalue weighted by Gasteiger charge is 2.40. The number of nitrogens with zero attached hydrogens (tertiary/aromatic N) is 2. The highest BCUT2D eigenvalue weighted by molar-refractivity contribution is 7.92. The lowest BCUT2D eigenvalue weighted by molar-refractivity contribution is 0.0599. The van der Waals surface area contributed by atoms with E-state index in [0.29, 0.717) is 42.7 Å². The molecule has 26 heavy (non-hydrogen) atoms. The number of carbonyl (C=O) groups is 1. The first-order chi connectivity index (χ1) is 12.1. The van der Waals surface area contributed by atoms with Crippen LogP contribution in [0.5, 0.6) is 0 Å². The molecule has 1 aliphatic heterocycles. The summed E-state index contributed by atoms with van der Waals surface area (Å²) in [7, 11) is -1.80. The van der Waals surface area contributed by atoms with E-state index < -0.39 is 20.6 Å². The lowest BCUT2D eigenvalue weighted by Crippen LogP contribution is -2.57. The predicted molar refractivity (Wildman–Crippen MR) is 99.0 cm³/mol. The first-order valence-corrected chi connectivity index (χ1v) is 10.2. The summed E-state index contributed by atoms with van der Waals surface area (Å²) in [4.78, 5) is 18.2. The maximum atomic E-state index is 12.2. The maximum Gasteiger partial charge on any atom is 0.341 e. The summed E-state index contributed by atoms with van der Waals surface area (Å²) in [6, 6.07) is 1.62. The Morgan fingerprint density at radius 2 is 2.15 bits per heavy atom. The number of rotatable bonds is 4. The van der Waals surface area contributed by atoms with E-state index in [-0.39, 0.29) is 12.3 Å². The molecular weight excluding hydrogens is 358 g/mol. The number of methoxy groups -OCH3 is 1. The molecule has 0 atom stereocenters. The lowest BCUT2D eigenvalue weighted by Gasteiger charge is -2.39. The van der Waals surface area contributed by atoms with Crippen molar-refractivity contribution in [3.63, 3.8) is 0 Å². The van der Waals surface area contributed by atoms with Gasteiger partial charge >= 0.3 is 5.97 Å². The van der Waals surface area contributed by atoms with Gasteiger partial charge in [-0.2, -0.15) is 0 Å². The topological polar surface area (TPSA) is 101 Å². The van der Waals surface area contributed by atoms with Gasteiger partial charge in [0, 0.05) is 19.6 Å². The maximum absolute atomic E-state index is 12.2. The molecule has 2 heterocycles. The fraction of sp³-hybridized carbons (Fsp3) is 0.647. The van der Waals surface area contributed by atoms with Gasteiger partial charge in [-0.3, -0.25) is 0 Å². The van der Waals surface area contributed by atoms with Gasteiger partial charge in [-0.25, -0.2) is 18.2 Å². The van der Waals surface area contributed by atoms with Gasteiger partial charge in [-0.15, -0.1) is 0 Å². The summed E-state index contributed by atoms with van der Waals surface area (Å²) in [5.41, 5.74) is 0.382. The first kappa shape index (κ1) is 20.3. The van der Waals surface area contributed by atoms with Crippen LogP contribution in [0, 0.1) is 6.92 Å². The Balaban J connectivity index is 2.19. The van der Waals surface area contributed by atoms with Gasteiger partial charge in [0.25, 0.3) is 0 Å². The Labute approximate surface area is 154 Å². The van der Waals surface area contributed by atoms with Gasteiger partial charge in [0.1, 0.15) is 23.6 Å². The average molecular weight is 385 g/mol. The largest absolute Gasteiger partial charge is 0.465 e. The minimum absolute atomic E-state index is 0.0940. The number of guanidine groups is 1. The Morgan fingerprint density at radius 3 is 2.73 bits per heavy atom. The van der Waals surface area contributed by atoms with Crippen LogP contribution < -0.4 is 5.32 Å². The standard InChI is InChI=1S/C17H27N3O5S/c1-6-18-16(20-7-8-26(22,23)17(3,4)11-20)19-10-13-9-14(12(2)25-13)15(21)24-5/h9H,6-8,10-11H2,1-5H3,(H,18,19). The summed E-state index contributed by atoms with van der Waals surface area (Å²) in [6.45, 7) is 8.77. The van der Waals surface area contributed by atoms with Crippen molar-refractivity contribution in [3.8, 4) is 0 Å². The fourth-order valence-corrected chi connectivity index (χ4v) is 4.20. The SMILES string of the molecule is CCNC(=NCc1cc(C(=O)OC)c(C)o1)N1CCS(=O)(=O)C(C)(C)C1. The van der Waals surface area contributed by atoms with Crippen molar-refractivity contribution in [1.29, 1.82) is 0 Å². The zero-order chi connectivity index (χ0) is 19.5. The molecule has 0 saturated carbocycles. The Morgan fingerprint density at radius 1 is 1.46 bits per heavy atom. The van der Waals surface area contributed by atoms with Gasteiger partial charge < -0.3 is 19.4 Å². The summed E-state index contributed by atoms with van der Waals surface area (Å²) >= 11 is 0. The number of aliphatic imine (C=N–C) groups is 1. The average Bonchev–Trinajstić information content (AvgIpc) is 2.94. The molecule has 1 aromatic rings. The van der Waals surface area contributed by atoms with E-state index in [1.807, 2.05) is 11.8 Å². The zero-order valence-electron chi connectivity index (χ0n) is 16.0. The van der Waals surface area contributed by atoms with E-state index in [1.165, 1.54) is 7.11 Å². The first-order valence-electron chi connectivity index (χ1n) is 8.54.